The molecule has 0 saturated heterocycles. The molecule has 0 N–H and O–H groups in total. The molecule has 0 saturated carbocycles. The first-order chi connectivity index (χ1) is 4.70. The van der Waals surface area contributed by atoms with Gasteiger partial charge in [0.2, 0.25) is 0 Å². The zero-order valence-electron chi connectivity index (χ0n) is 5.79. The SMILES string of the molecule is CC(=O)CC(C#N)CC#N. The van der Waals surface area contributed by atoms with E-state index in [1.54, 1.807) is 0 Å². The molecule has 0 rings (SSSR count). The first kappa shape index (κ1) is 8.65. The number of ketones is 1. The summed E-state index contributed by atoms with van der Waals surface area (Å²) in [5.74, 6) is -0.454. The van der Waals surface area contributed by atoms with Gasteiger partial charge in [-0.15, -0.1) is 0 Å². The molecule has 0 aromatic heterocycles. The molecule has 3 heteroatoms. The highest BCUT2D eigenvalue weighted by atomic mass is 16.1. The maximum Gasteiger partial charge on any atom is 0.131 e. The Balaban J connectivity index is 3.77. The van der Waals surface area contributed by atoms with Gasteiger partial charge in [0.05, 0.1) is 24.5 Å². The van der Waals surface area contributed by atoms with Gasteiger partial charge in [0.25, 0.3) is 0 Å². The van der Waals surface area contributed by atoms with Crippen LogP contribution in [0.15, 0.2) is 0 Å². The minimum Gasteiger partial charge on any atom is -0.300 e. The van der Waals surface area contributed by atoms with Crippen LogP contribution in [0.1, 0.15) is 19.8 Å². The van der Waals surface area contributed by atoms with Crippen molar-refractivity contribution in [2.45, 2.75) is 19.8 Å². The number of Topliss-reactive ketones (excluding diaryl/α,β-unsaturated/α-hetero) is 1. The summed E-state index contributed by atoms with van der Waals surface area (Å²) in [7, 11) is 0. The predicted molar refractivity (Wildman–Crippen MR) is 34.6 cm³/mol. The highest BCUT2D eigenvalue weighted by Gasteiger charge is 2.08. The Kier molecular flexibility index (Phi) is 3.91. The number of carbonyl (C=O) groups is 1. The van der Waals surface area contributed by atoms with Gasteiger partial charge in [-0.05, 0) is 6.92 Å². The topological polar surface area (TPSA) is 64.7 Å². The molecule has 10 heavy (non-hydrogen) atoms. The van der Waals surface area contributed by atoms with Crippen LogP contribution in [0.3, 0.4) is 0 Å². The fraction of sp³-hybridized carbons (Fsp3) is 0.571. The molecule has 0 radical (unpaired) electrons. The van der Waals surface area contributed by atoms with Crippen molar-refractivity contribution in [2.24, 2.45) is 5.92 Å². The van der Waals surface area contributed by atoms with Crippen molar-refractivity contribution in [3.8, 4) is 12.1 Å². The van der Waals surface area contributed by atoms with Crippen LogP contribution < -0.4 is 0 Å². The van der Waals surface area contributed by atoms with Crippen molar-refractivity contribution in [1.29, 1.82) is 10.5 Å². The summed E-state index contributed by atoms with van der Waals surface area (Å²) in [5, 5.41) is 16.5. The number of hydrogen-bond acceptors (Lipinski definition) is 3. The highest BCUT2D eigenvalue weighted by Crippen LogP contribution is 2.05. The minimum absolute atomic E-state index is 0.0400. The normalized spacial score (nSPS) is 11.1. The molecule has 0 heterocycles. The van der Waals surface area contributed by atoms with Gasteiger partial charge in [0.1, 0.15) is 5.78 Å². The predicted octanol–water partition coefficient (Wildman–Crippen LogP) is 1.02. The average molecular weight is 136 g/mol. The van der Waals surface area contributed by atoms with Crippen LogP contribution in [0.25, 0.3) is 0 Å². The fourth-order valence-corrected chi connectivity index (χ4v) is 0.621. The summed E-state index contributed by atoms with van der Waals surface area (Å²) in [6, 6.07) is 3.74. The Morgan fingerprint density at radius 2 is 2.20 bits per heavy atom. The molecule has 1 unspecified atom stereocenters. The number of hydrogen-bond donors (Lipinski definition) is 0. The van der Waals surface area contributed by atoms with E-state index in [9.17, 15) is 4.79 Å². The van der Waals surface area contributed by atoms with Gasteiger partial charge in [-0.25, -0.2) is 0 Å². The zero-order chi connectivity index (χ0) is 7.98. The van der Waals surface area contributed by atoms with E-state index in [0.29, 0.717) is 0 Å². The second-order valence-electron chi connectivity index (χ2n) is 2.09. The summed E-state index contributed by atoms with van der Waals surface area (Å²) < 4.78 is 0. The van der Waals surface area contributed by atoms with E-state index < -0.39 is 5.92 Å². The summed E-state index contributed by atoms with van der Waals surface area (Å²) in [4.78, 5) is 10.4. The molecule has 0 spiro atoms. The van der Waals surface area contributed by atoms with Crippen LogP contribution in [0.4, 0.5) is 0 Å². The lowest BCUT2D eigenvalue weighted by atomic mass is 10.0. The van der Waals surface area contributed by atoms with Gasteiger partial charge < -0.3 is 0 Å². The van der Waals surface area contributed by atoms with E-state index in [1.165, 1.54) is 6.92 Å². The van der Waals surface area contributed by atoms with Gasteiger partial charge in [-0.2, -0.15) is 10.5 Å². The third-order valence-electron chi connectivity index (χ3n) is 1.05. The monoisotopic (exact) mass is 136 g/mol. The summed E-state index contributed by atoms with van der Waals surface area (Å²) in [6.45, 7) is 1.42. The van der Waals surface area contributed by atoms with Gasteiger partial charge in [0.15, 0.2) is 0 Å². The van der Waals surface area contributed by atoms with E-state index in [0.717, 1.165) is 0 Å². The molecule has 0 aliphatic carbocycles. The Labute approximate surface area is 59.9 Å². The second kappa shape index (κ2) is 4.52. The molecule has 52 valence electrons. The van der Waals surface area contributed by atoms with E-state index in [2.05, 4.69) is 0 Å². The molecule has 0 bridgehead atoms. The average Bonchev–Trinajstić information content (AvgIpc) is 1.86. The summed E-state index contributed by atoms with van der Waals surface area (Å²) in [6.07, 6.45) is 0.347. The first-order valence-electron chi connectivity index (χ1n) is 2.96. The lowest BCUT2D eigenvalue weighted by molar-refractivity contribution is -0.117. The Hall–Kier alpha value is -1.35. The number of rotatable bonds is 3. The zero-order valence-corrected chi connectivity index (χ0v) is 5.79. The standard InChI is InChI=1S/C7H8N2O/c1-6(10)4-7(5-9)2-3-8/h7H,2,4H2,1H3. The van der Waals surface area contributed by atoms with Gasteiger partial charge in [-0.3, -0.25) is 4.79 Å². The lowest BCUT2D eigenvalue weighted by Gasteiger charge is -1.97. The Morgan fingerprint density at radius 3 is 2.50 bits per heavy atom. The van der Waals surface area contributed by atoms with Crippen LogP contribution in [0, 0.1) is 28.6 Å². The Morgan fingerprint density at radius 1 is 1.60 bits per heavy atom. The lowest BCUT2D eigenvalue weighted by Crippen LogP contribution is -2.01. The highest BCUT2D eigenvalue weighted by molar-refractivity contribution is 5.76. The van der Waals surface area contributed by atoms with E-state index in [-0.39, 0.29) is 18.6 Å². The second-order valence-corrected chi connectivity index (χ2v) is 2.09. The molecule has 0 aromatic carbocycles. The van der Waals surface area contributed by atoms with Crippen molar-refractivity contribution in [3.05, 3.63) is 0 Å². The van der Waals surface area contributed by atoms with Crippen molar-refractivity contribution >= 4 is 5.78 Å². The van der Waals surface area contributed by atoms with Crippen molar-refractivity contribution < 1.29 is 4.79 Å². The van der Waals surface area contributed by atoms with Gasteiger partial charge in [-0.1, -0.05) is 0 Å². The van der Waals surface area contributed by atoms with Crippen LogP contribution in [-0.4, -0.2) is 5.78 Å². The van der Waals surface area contributed by atoms with Crippen molar-refractivity contribution in [2.75, 3.05) is 0 Å². The quantitative estimate of drug-likeness (QED) is 0.581. The summed E-state index contributed by atoms with van der Waals surface area (Å²) in [5.41, 5.74) is 0. The van der Waals surface area contributed by atoms with Gasteiger partial charge in [0, 0.05) is 6.42 Å². The summed E-state index contributed by atoms with van der Waals surface area (Å²) >= 11 is 0. The fourth-order valence-electron chi connectivity index (χ4n) is 0.621. The molecule has 0 amide bonds. The van der Waals surface area contributed by atoms with Gasteiger partial charge >= 0.3 is 0 Å². The maximum atomic E-state index is 10.4. The number of carbonyl (C=O) groups excluding carboxylic acids is 1. The third kappa shape index (κ3) is 3.63. The van der Waals surface area contributed by atoms with Crippen LogP contribution in [0.2, 0.25) is 0 Å². The molecular formula is C7H8N2O. The largest absolute Gasteiger partial charge is 0.300 e. The molecule has 0 aliphatic heterocycles. The molecule has 0 fully saturated rings. The van der Waals surface area contributed by atoms with E-state index in [4.69, 9.17) is 10.5 Å². The molecular weight excluding hydrogens is 128 g/mol. The van der Waals surface area contributed by atoms with Crippen LogP contribution >= 0.6 is 0 Å². The van der Waals surface area contributed by atoms with Crippen molar-refractivity contribution in [1.82, 2.24) is 0 Å². The van der Waals surface area contributed by atoms with E-state index in [1.807, 2.05) is 12.1 Å². The molecule has 0 aromatic rings. The molecule has 0 aliphatic rings. The molecule has 1 atom stereocenters. The minimum atomic E-state index is -0.414. The van der Waals surface area contributed by atoms with Crippen LogP contribution in [0.5, 0.6) is 0 Å². The number of nitrogens with zero attached hydrogens (tertiary/aromatic N) is 2. The molecule has 3 nitrogen and oxygen atoms in total. The van der Waals surface area contributed by atoms with Crippen molar-refractivity contribution in [3.63, 3.8) is 0 Å². The Bertz CT molecular complexity index is 197. The smallest absolute Gasteiger partial charge is 0.131 e. The van der Waals surface area contributed by atoms with E-state index >= 15 is 0 Å². The maximum absolute atomic E-state index is 10.4. The van der Waals surface area contributed by atoms with Crippen LogP contribution in [-0.2, 0) is 4.79 Å². The first-order valence-corrected chi connectivity index (χ1v) is 2.96. The third-order valence-corrected chi connectivity index (χ3v) is 1.05. The number of nitriles is 2.